The summed E-state index contributed by atoms with van der Waals surface area (Å²) >= 11 is 1.77. The van der Waals surface area contributed by atoms with Gasteiger partial charge in [-0.25, -0.2) is 0 Å². The van der Waals surface area contributed by atoms with Crippen LogP contribution in [0.5, 0.6) is 0 Å². The molecule has 1 nitrogen and oxygen atoms in total. The molecule has 0 fully saturated rings. The molecule has 1 aromatic rings. The highest BCUT2D eigenvalue weighted by atomic mass is 32.1. The quantitative estimate of drug-likeness (QED) is 0.674. The fourth-order valence-corrected chi connectivity index (χ4v) is 2.18. The van der Waals surface area contributed by atoms with Gasteiger partial charge in [-0.3, -0.25) is 0 Å². The zero-order valence-electron chi connectivity index (χ0n) is 8.83. The molecule has 0 saturated heterocycles. The topological polar surface area (TPSA) is 12.0 Å². The zero-order chi connectivity index (χ0) is 10.2. The molecule has 0 aliphatic rings. The fraction of sp³-hybridized carbons (Fsp3) is 0.500. The van der Waals surface area contributed by atoms with Crippen molar-refractivity contribution in [1.82, 2.24) is 5.32 Å². The third-order valence-corrected chi connectivity index (χ3v) is 2.95. The second kappa shape index (κ2) is 6.80. The Balaban J connectivity index is 2.48. The van der Waals surface area contributed by atoms with Crippen molar-refractivity contribution in [2.24, 2.45) is 0 Å². The lowest BCUT2D eigenvalue weighted by Crippen LogP contribution is -2.21. The predicted molar refractivity (Wildman–Crippen MR) is 64.8 cm³/mol. The van der Waals surface area contributed by atoms with Gasteiger partial charge in [0.25, 0.3) is 0 Å². The van der Waals surface area contributed by atoms with Crippen molar-refractivity contribution < 1.29 is 0 Å². The van der Waals surface area contributed by atoms with E-state index in [2.05, 4.69) is 35.6 Å². The molecule has 0 aliphatic heterocycles. The first kappa shape index (κ1) is 11.5. The van der Waals surface area contributed by atoms with Gasteiger partial charge >= 0.3 is 0 Å². The van der Waals surface area contributed by atoms with Crippen LogP contribution in [-0.4, -0.2) is 6.54 Å². The minimum atomic E-state index is 0.513. The monoisotopic (exact) mass is 209 g/mol. The van der Waals surface area contributed by atoms with Gasteiger partial charge in [0, 0.05) is 6.04 Å². The molecule has 2 heteroatoms. The minimum absolute atomic E-state index is 0.513. The van der Waals surface area contributed by atoms with Gasteiger partial charge in [0.1, 0.15) is 0 Å². The summed E-state index contributed by atoms with van der Waals surface area (Å²) in [5.41, 5.74) is 1.42. The maximum absolute atomic E-state index is 3.77. The van der Waals surface area contributed by atoms with Crippen molar-refractivity contribution >= 4 is 11.3 Å². The van der Waals surface area contributed by atoms with Gasteiger partial charge in [-0.05, 0) is 48.2 Å². The molecule has 0 aliphatic carbocycles. The molecule has 78 valence electrons. The first-order valence-electron chi connectivity index (χ1n) is 5.24. The highest BCUT2D eigenvalue weighted by Gasteiger charge is 2.09. The van der Waals surface area contributed by atoms with E-state index in [1.807, 2.05) is 6.08 Å². The van der Waals surface area contributed by atoms with Crippen LogP contribution in [0.15, 0.2) is 29.5 Å². The van der Waals surface area contributed by atoms with E-state index in [0.29, 0.717) is 6.04 Å². The van der Waals surface area contributed by atoms with Crippen molar-refractivity contribution in [3.05, 3.63) is 35.0 Å². The van der Waals surface area contributed by atoms with E-state index in [1.165, 1.54) is 12.0 Å². The summed E-state index contributed by atoms with van der Waals surface area (Å²) in [7, 11) is 0. The van der Waals surface area contributed by atoms with E-state index in [1.54, 1.807) is 11.3 Å². The maximum Gasteiger partial charge on any atom is 0.0331 e. The summed E-state index contributed by atoms with van der Waals surface area (Å²) < 4.78 is 0. The first-order valence-corrected chi connectivity index (χ1v) is 6.19. The highest BCUT2D eigenvalue weighted by Crippen LogP contribution is 2.21. The molecule has 1 heterocycles. The Bertz CT molecular complexity index is 241. The second-order valence-corrected chi connectivity index (χ2v) is 4.21. The standard InChI is InChI=1S/C12H19NS/c1-3-5-6-12(13-8-4-2)11-7-9-14-10-11/h3,7,9-10,12-13H,1,4-6,8H2,2H3. The van der Waals surface area contributed by atoms with Gasteiger partial charge < -0.3 is 5.32 Å². The third kappa shape index (κ3) is 3.64. The van der Waals surface area contributed by atoms with Gasteiger partial charge in [-0.15, -0.1) is 6.58 Å². The fourth-order valence-electron chi connectivity index (χ4n) is 1.46. The van der Waals surface area contributed by atoms with Crippen molar-refractivity contribution in [3.63, 3.8) is 0 Å². The normalized spacial score (nSPS) is 12.6. The minimum Gasteiger partial charge on any atom is -0.310 e. The van der Waals surface area contributed by atoms with E-state index >= 15 is 0 Å². The Morgan fingerprint density at radius 3 is 3.07 bits per heavy atom. The predicted octanol–water partition coefficient (Wildman–Crippen LogP) is 3.76. The molecule has 0 aromatic carbocycles. The van der Waals surface area contributed by atoms with E-state index < -0.39 is 0 Å². The average Bonchev–Trinajstić information content (AvgIpc) is 2.71. The molecule has 0 saturated carbocycles. The van der Waals surface area contributed by atoms with Crippen LogP contribution in [-0.2, 0) is 0 Å². The van der Waals surface area contributed by atoms with E-state index in [4.69, 9.17) is 0 Å². The van der Waals surface area contributed by atoms with Crippen molar-refractivity contribution in [1.29, 1.82) is 0 Å². The molecule has 1 aromatic heterocycles. The number of hydrogen-bond acceptors (Lipinski definition) is 2. The van der Waals surface area contributed by atoms with Crippen LogP contribution >= 0.6 is 11.3 Å². The van der Waals surface area contributed by atoms with Gasteiger partial charge in [0.2, 0.25) is 0 Å². The van der Waals surface area contributed by atoms with Gasteiger partial charge in [-0.2, -0.15) is 11.3 Å². The van der Waals surface area contributed by atoms with Crippen LogP contribution in [0.1, 0.15) is 37.8 Å². The summed E-state index contributed by atoms with van der Waals surface area (Å²) in [4.78, 5) is 0. The average molecular weight is 209 g/mol. The smallest absolute Gasteiger partial charge is 0.0331 e. The molecule has 1 unspecified atom stereocenters. The number of nitrogens with one attached hydrogen (secondary N) is 1. The highest BCUT2D eigenvalue weighted by molar-refractivity contribution is 7.07. The molecule has 1 rings (SSSR count). The van der Waals surface area contributed by atoms with Gasteiger partial charge in [0.05, 0.1) is 0 Å². The van der Waals surface area contributed by atoms with E-state index in [9.17, 15) is 0 Å². The van der Waals surface area contributed by atoms with Gasteiger partial charge in [-0.1, -0.05) is 13.0 Å². The zero-order valence-corrected chi connectivity index (χ0v) is 9.65. The molecule has 1 atom stereocenters. The molecule has 14 heavy (non-hydrogen) atoms. The Hall–Kier alpha value is -0.600. The molecular formula is C12H19NS. The Morgan fingerprint density at radius 1 is 1.64 bits per heavy atom. The Morgan fingerprint density at radius 2 is 2.50 bits per heavy atom. The van der Waals surface area contributed by atoms with E-state index in [0.717, 1.165) is 19.4 Å². The van der Waals surface area contributed by atoms with Crippen LogP contribution in [0.2, 0.25) is 0 Å². The van der Waals surface area contributed by atoms with Crippen LogP contribution in [0.4, 0.5) is 0 Å². The molecule has 0 amide bonds. The molecule has 0 spiro atoms. The lowest BCUT2D eigenvalue weighted by molar-refractivity contribution is 0.504. The first-order chi connectivity index (χ1) is 6.88. The van der Waals surface area contributed by atoms with Crippen molar-refractivity contribution in [3.8, 4) is 0 Å². The summed E-state index contributed by atoms with van der Waals surface area (Å²) in [6, 6.07) is 2.72. The lowest BCUT2D eigenvalue weighted by atomic mass is 10.1. The lowest BCUT2D eigenvalue weighted by Gasteiger charge is -2.16. The van der Waals surface area contributed by atoms with Crippen molar-refractivity contribution in [2.45, 2.75) is 32.2 Å². The number of rotatable bonds is 7. The van der Waals surface area contributed by atoms with Crippen LogP contribution in [0.3, 0.4) is 0 Å². The second-order valence-electron chi connectivity index (χ2n) is 3.43. The summed E-state index contributed by atoms with van der Waals surface area (Å²) in [5.74, 6) is 0. The Labute approximate surface area is 90.9 Å². The molecule has 1 N–H and O–H groups in total. The SMILES string of the molecule is C=CCCC(NCCC)c1ccsc1. The maximum atomic E-state index is 3.77. The van der Waals surface area contributed by atoms with Crippen LogP contribution in [0.25, 0.3) is 0 Å². The van der Waals surface area contributed by atoms with Gasteiger partial charge in [0.15, 0.2) is 0 Å². The third-order valence-electron chi connectivity index (χ3n) is 2.25. The van der Waals surface area contributed by atoms with Crippen LogP contribution in [0, 0.1) is 0 Å². The van der Waals surface area contributed by atoms with Crippen LogP contribution < -0.4 is 5.32 Å². The van der Waals surface area contributed by atoms with Crippen molar-refractivity contribution in [2.75, 3.05) is 6.54 Å². The molecular weight excluding hydrogens is 190 g/mol. The Kier molecular flexibility index (Phi) is 5.57. The number of hydrogen-bond donors (Lipinski definition) is 1. The number of allylic oxidation sites excluding steroid dienone is 1. The summed E-state index contributed by atoms with van der Waals surface area (Å²) in [5, 5.41) is 7.94. The number of thiophene rings is 1. The molecule has 0 bridgehead atoms. The summed E-state index contributed by atoms with van der Waals surface area (Å²) in [6.07, 6.45) is 5.42. The largest absolute Gasteiger partial charge is 0.310 e. The molecule has 0 radical (unpaired) electrons. The van der Waals surface area contributed by atoms with E-state index in [-0.39, 0.29) is 0 Å². The summed E-state index contributed by atoms with van der Waals surface area (Å²) in [6.45, 7) is 7.06.